The Morgan fingerprint density at radius 3 is 2.24 bits per heavy atom. The molecule has 198 valence electrons. The lowest BCUT2D eigenvalue weighted by molar-refractivity contribution is -0.161. The average molecular weight is 516 g/mol. The number of benzene rings is 2. The Bertz CT molecular complexity index is 1070. The summed E-state index contributed by atoms with van der Waals surface area (Å²) in [6, 6.07) is 13.8. The lowest BCUT2D eigenvalue weighted by atomic mass is 9.86. The third-order valence-electron chi connectivity index (χ3n) is 6.43. The van der Waals surface area contributed by atoms with E-state index < -0.39 is 35.9 Å². The van der Waals surface area contributed by atoms with Crippen molar-refractivity contribution in [2.45, 2.75) is 18.6 Å². The topological polar surface area (TPSA) is 97.9 Å². The summed E-state index contributed by atoms with van der Waals surface area (Å²) in [7, 11) is 2.43. The number of piperazine rings is 1. The molecule has 0 unspecified atom stereocenters. The van der Waals surface area contributed by atoms with Gasteiger partial charge < -0.3 is 23.9 Å². The number of likely N-dealkylation sites (tertiary alicyclic amines) is 1. The first-order valence-corrected chi connectivity index (χ1v) is 12.0. The van der Waals surface area contributed by atoms with Gasteiger partial charge in [-0.1, -0.05) is 24.3 Å². The number of hydroxylamine groups is 2. The van der Waals surface area contributed by atoms with Crippen LogP contribution in [0.1, 0.15) is 6.42 Å². The summed E-state index contributed by atoms with van der Waals surface area (Å²) >= 11 is 0. The van der Waals surface area contributed by atoms with Crippen LogP contribution in [0.25, 0.3) is 0 Å². The lowest BCUT2D eigenvalue weighted by Crippen LogP contribution is -2.64. The lowest BCUT2D eigenvalue weighted by Gasteiger charge is -2.44. The quantitative estimate of drug-likeness (QED) is 0.541. The minimum absolute atomic E-state index is 0.0236. The van der Waals surface area contributed by atoms with E-state index in [0.29, 0.717) is 31.9 Å². The number of nitrogens with zero attached hydrogens (tertiary/aromatic N) is 3. The van der Waals surface area contributed by atoms with E-state index in [1.165, 1.54) is 37.3 Å². The second kappa shape index (κ2) is 11.9. The molecule has 0 bridgehead atoms. The van der Waals surface area contributed by atoms with Gasteiger partial charge in [-0.15, -0.1) is 5.06 Å². The summed E-state index contributed by atoms with van der Waals surface area (Å²) in [4.78, 5) is 47.9. The fraction of sp³-hybridized carbons (Fsp3) is 0.423. The molecule has 0 aliphatic carbocycles. The molecule has 2 aromatic rings. The van der Waals surface area contributed by atoms with Crippen molar-refractivity contribution in [2.75, 3.05) is 46.9 Å². The maximum Gasteiger partial charge on any atom is 0.410 e. The Kier molecular flexibility index (Phi) is 8.44. The third-order valence-corrected chi connectivity index (χ3v) is 6.43. The summed E-state index contributed by atoms with van der Waals surface area (Å²) in [6.07, 6.45) is -1.36. The van der Waals surface area contributed by atoms with E-state index >= 15 is 0 Å². The van der Waals surface area contributed by atoms with Crippen LogP contribution in [0, 0.1) is 11.7 Å². The highest BCUT2D eigenvalue weighted by Gasteiger charge is 2.49. The number of para-hydroxylation sites is 1. The van der Waals surface area contributed by atoms with Gasteiger partial charge in [-0.3, -0.25) is 14.5 Å². The van der Waals surface area contributed by atoms with E-state index in [1.54, 1.807) is 16.0 Å². The van der Waals surface area contributed by atoms with Crippen molar-refractivity contribution in [1.82, 2.24) is 14.9 Å². The molecule has 37 heavy (non-hydrogen) atoms. The number of carbonyl (C=O) groups excluding carboxylic acids is 3. The van der Waals surface area contributed by atoms with Crippen molar-refractivity contribution >= 4 is 18.0 Å². The molecule has 10 nitrogen and oxygen atoms in total. The fourth-order valence-corrected chi connectivity index (χ4v) is 4.66. The largest absolute Gasteiger partial charge is 0.488 e. The van der Waals surface area contributed by atoms with Gasteiger partial charge in [0.25, 0.3) is 0 Å². The summed E-state index contributed by atoms with van der Waals surface area (Å²) in [6.45, 7) is 1.55. The normalized spacial score (nSPS) is 22.2. The number of piperidine rings is 1. The number of rotatable bonds is 6. The molecule has 0 aromatic heterocycles. The predicted molar refractivity (Wildman–Crippen MR) is 129 cm³/mol. The van der Waals surface area contributed by atoms with Crippen molar-refractivity contribution in [3.8, 4) is 11.5 Å². The summed E-state index contributed by atoms with van der Waals surface area (Å²) in [5, 5.41) is 1.76. The zero-order valence-corrected chi connectivity index (χ0v) is 20.7. The van der Waals surface area contributed by atoms with Crippen LogP contribution in [0.4, 0.5) is 9.18 Å². The second-order valence-corrected chi connectivity index (χ2v) is 8.79. The Labute approximate surface area is 214 Å². The van der Waals surface area contributed by atoms with Crippen molar-refractivity contribution in [3.05, 3.63) is 60.4 Å². The van der Waals surface area contributed by atoms with Gasteiger partial charge in [-0.2, -0.15) is 0 Å². The first-order valence-electron chi connectivity index (χ1n) is 12.0. The standard InChI is InChI=1S/C26H30FN3O7/c1-34-25(32)22-16-21(36-20-10-6-7-18(27)15-20)17-30(26(33)35-2)23(22)24(31)28-11-13-29(14-12-28)37-19-8-4-3-5-9-19/h3-10,15,21-23H,11-14,16-17H2,1-2H3/t21-,22-,23-/m0/s1. The number of amides is 2. The maximum absolute atomic E-state index is 13.7. The Balaban J connectivity index is 1.49. The molecule has 0 spiro atoms. The van der Waals surface area contributed by atoms with Gasteiger partial charge in [0, 0.05) is 25.6 Å². The summed E-state index contributed by atoms with van der Waals surface area (Å²) in [5.41, 5.74) is 0. The Morgan fingerprint density at radius 1 is 0.892 bits per heavy atom. The van der Waals surface area contributed by atoms with Crippen LogP contribution in [0.2, 0.25) is 0 Å². The maximum atomic E-state index is 13.7. The molecule has 0 radical (unpaired) electrons. The molecule has 2 heterocycles. The van der Waals surface area contributed by atoms with Crippen molar-refractivity contribution in [2.24, 2.45) is 5.92 Å². The van der Waals surface area contributed by atoms with Crippen molar-refractivity contribution < 1.29 is 37.8 Å². The van der Waals surface area contributed by atoms with Crippen LogP contribution in [-0.4, -0.2) is 91.9 Å². The van der Waals surface area contributed by atoms with Crippen LogP contribution in [0.5, 0.6) is 11.5 Å². The number of methoxy groups -OCH3 is 2. The fourth-order valence-electron chi connectivity index (χ4n) is 4.66. The summed E-state index contributed by atoms with van der Waals surface area (Å²) in [5.74, 6) is -1.57. The first-order chi connectivity index (χ1) is 17.9. The van der Waals surface area contributed by atoms with Crippen LogP contribution in [0.3, 0.4) is 0 Å². The molecule has 0 saturated carbocycles. The molecule has 2 saturated heterocycles. The molecule has 4 rings (SSSR count). The van der Waals surface area contributed by atoms with E-state index in [1.807, 2.05) is 30.3 Å². The van der Waals surface area contributed by atoms with Gasteiger partial charge in [0.15, 0.2) is 0 Å². The van der Waals surface area contributed by atoms with E-state index in [2.05, 4.69) is 0 Å². The smallest absolute Gasteiger partial charge is 0.410 e. The van der Waals surface area contributed by atoms with Gasteiger partial charge in [0.2, 0.25) is 5.91 Å². The number of halogens is 1. The Morgan fingerprint density at radius 2 is 1.59 bits per heavy atom. The monoisotopic (exact) mass is 515 g/mol. The predicted octanol–water partition coefficient (Wildman–Crippen LogP) is 2.34. The number of hydrogen-bond donors (Lipinski definition) is 0. The molecule has 2 fully saturated rings. The van der Waals surface area contributed by atoms with Crippen LogP contribution in [-0.2, 0) is 19.1 Å². The zero-order chi connectivity index (χ0) is 26.4. The highest BCUT2D eigenvalue weighted by Crippen LogP contribution is 2.30. The highest BCUT2D eigenvalue weighted by atomic mass is 19.1. The molecular weight excluding hydrogens is 485 g/mol. The molecule has 11 heteroatoms. The highest BCUT2D eigenvalue weighted by molar-refractivity contribution is 5.91. The SMILES string of the molecule is COC(=O)[C@H]1C[C@H](Oc2cccc(F)c2)CN(C(=O)OC)[C@@H]1C(=O)N1CCN(Oc2ccccc2)CC1. The molecule has 2 amide bonds. The van der Waals surface area contributed by atoms with Crippen LogP contribution in [0.15, 0.2) is 54.6 Å². The van der Waals surface area contributed by atoms with Gasteiger partial charge in [0.1, 0.15) is 29.5 Å². The van der Waals surface area contributed by atoms with Gasteiger partial charge in [-0.05, 0) is 24.3 Å². The van der Waals surface area contributed by atoms with E-state index in [4.69, 9.17) is 19.0 Å². The molecule has 2 aromatic carbocycles. The van der Waals surface area contributed by atoms with E-state index in [9.17, 15) is 18.8 Å². The zero-order valence-electron chi connectivity index (χ0n) is 20.7. The van der Waals surface area contributed by atoms with E-state index in [0.717, 1.165) is 0 Å². The van der Waals surface area contributed by atoms with Crippen molar-refractivity contribution in [3.63, 3.8) is 0 Å². The van der Waals surface area contributed by atoms with Gasteiger partial charge in [-0.25, -0.2) is 9.18 Å². The van der Waals surface area contributed by atoms with Gasteiger partial charge in [0.05, 0.1) is 39.8 Å². The molecule has 3 atom stereocenters. The molecular formula is C26H30FN3O7. The molecule has 2 aliphatic rings. The first kappa shape index (κ1) is 26.2. The summed E-state index contributed by atoms with van der Waals surface area (Å²) < 4.78 is 29.5. The van der Waals surface area contributed by atoms with Crippen molar-refractivity contribution in [1.29, 1.82) is 0 Å². The third kappa shape index (κ3) is 6.29. The number of hydrogen-bond acceptors (Lipinski definition) is 8. The minimum atomic E-state index is -1.13. The molecule has 2 aliphatic heterocycles. The number of carbonyl (C=O) groups is 3. The van der Waals surface area contributed by atoms with E-state index in [-0.39, 0.29) is 24.6 Å². The average Bonchev–Trinajstić information content (AvgIpc) is 2.92. The number of esters is 1. The van der Waals surface area contributed by atoms with Crippen LogP contribution < -0.4 is 9.57 Å². The second-order valence-electron chi connectivity index (χ2n) is 8.79. The Hall–Kier alpha value is -3.86. The van der Waals surface area contributed by atoms with Gasteiger partial charge >= 0.3 is 12.1 Å². The molecule has 0 N–H and O–H groups in total. The van der Waals surface area contributed by atoms with Crippen LogP contribution >= 0.6 is 0 Å². The number of ether oxygens (including phenoxy) is 3. The minimum Gasteiger partial charge on any atom is -0.488 e.